The molecule has 0 saturated heterocycles. The van der Waals surface area contributed by atoms with Crippen LogP contribution in [0.4, 0.5) is 0 Å². The Labute approximate surface area is 87.5 Å². The molecule has 1 aliphatic rings. The smallest absolute Gasteiger partial charge is 0.0585 e. The molecule has 0 amide bonds. The van der Waals surface area contributed by atoms with Gasteiger partial charge >= 0.3 is 0 Å². The van der Waals surface area contributed by atoms with E-state index in [2.05, 4.69) is 24.2 Å². The summed E-state index contributed by atoms with van der Waals surface area (Å²) in [6.45, 7) is 4.87. The van der Waals surface area contributed by atoms with E-state index in [0.717, 1.165) is 24.8 Å². The van der Waals surface area contributed by atoms with E-state index >= 15 is 0 Å². The zero-order valence-corrected chi connectivity index (χ0v) is 9.66. The zero-order valence-electron chi connectivity index (χ0n) is 9.66. The number of rotatable bonds is 7. The van der Waals surface area contributed by atoms with Crippen LogP contribution in [0.2, 0.25) is 0 Å². The van der Waals surface area contributed by atoms with Crippen LogP contribution in [0.5, 0.6) is 0 Å². The summed E-state index contributed by atoms with van der Waals surface area (Å²) in [5.74, 6) is 1.87. The Morgan fingerprint density at radius 3 is 2.64 bits per heavy atom. The van der Waals surface area contributed by atoms with E-state index < -0.39 is 0 Å². The van der Waals surface area contributed by atoms with E-state index in [1.807, 2.05) is 7.05 Å². The average Bonchev–Trinajstić information content (AvgIpc) is 2.83. The molecule has 3 nitrogen and oxygen atoms in total. The maximum atomic E-state index is 8.99. The summed E-state index contributed by atoms with van der Waals surface area (Å²) in [5, 5.41) is 12.1. The lowest BCUT2D eigenvalue weighted by Crippen LogP contribution is -2.34. The second-order valence-corrected chi connectivity index (χ2v) is 4.69. The van der Waals surface area contributed by atoms with Crippen molar-refractivity contribution in [2.75, 3.05) is 33.8 Å². The van der Waals surface area contributed by atoms with Gasteiger partial charge in [0.05, 0.1) is 6.61 Å². The molecule has 1 rings (SSSR count). The van der Waals surface area contributed by atoms with Crippen LogP contribution < -0.4 is 5.32 Å². The normalized spacial score (nSPS) is 28.1. The summed E-state index contributed by atoms with van der Waals surface area (Å²) in [7, 11) is 4.08. The van der Waals surface area contributed by atoms with E-state index in [4.69, 9.17) is 5.11 Å². The molecule has 0 aromatic rings. The first-order chi connectivity index (χ1) is 6.67. The van der Waals surface area contributed by atoms with Gasteiger partial charge in [-0.05, 0) is 45.3 Å². The van der Waals surface area contributed by atoms with E-state index in [1.54, 1.807) is 0 Å². The summed E-state index contributed by atoms with van der Waals surface area (Å²) in [6.07, 6.45) is 2.43. The van der Waals surface area contributed by atoms with E-state index in [-0.39, 0.29) is 12.6 Å². The molecule has 0 radical (unpaired) electrons. The molecule has 0 aliphatic heterocycles. The van der Waals surface area contributed by atoms with Crippen molar-refractivity contribution < 1.29 is 5.11 Å². The highest BCUT2D eigenvalue weighted by atomic mass is 16.3. The first-order valence-electron chi connectivity index (χ1n) is 5.64. The molecule has 0 aromatic heterocycles. The van der Waals surface area contributed by atoms with Crippen molar-refractivity contribution in [1.29, 1.82) is 0 Å². The Kier molecular flexibility index (Phi) is 4.85. The number of hydrogen-bond acceptors (Lipinski definition) is 3. The van der Waals surface area contributed by atoms with Gasteiger partial charge < -0.3 is 15.3 Å². The molecule has 3 unspecified atom stereocenters. The maximum Gasteiger partial charge on any atom is 0.0585 e. The largest absolute Gasteiger partial charge is 0.395 e. The van der Waals surface area contributed by atoms with Crippen molar-refractivity contribution in [3.8, 4) is 0 Å². The van der Waals surface area contributed by atoms with Gasteiger partial charge in [0, 0.05) is 12.6 Å². The Balaban J connectivity index is 2.04. The van der Waals surface area contributed by atoms with E-state index in [9.17, 15) is 0 Å². The molecule has 0 spiro atoms. The predicted octanol–water partition coefficient (Wildman–Crippen LogP) is 0.545. The molecule has 1 saturated carbocycles. The van der Waals surface area contributed by atoms with Crippen LogP contribution in [0.1, 0.15) is 19.8 Å². The van der Waals surface area contributed by atoms with Crippen LogP contribution in [0.25, 0.3) is 0 Å². The van der Waals surface area contributed by atoms with Crippen LogP contribution in [0, 0.1) is 11.8 Å². The molecular weight excluding hydrogens is 176 g/mol. The number of aliphatic hydroxyl groups is 1. The van der Waals surface area contributed by atoms with Crippen LogP contribution in [-0.4, -0.2) is 49.8 Å². The van der Waals surface area contributed by atoms with Gasteiger partial charge in [0.1, 0.15) is 0 Å². The minimum absolute atomic E-state index is 0.240. The average molecular weight is 200 g/mol. The van der Waals surface area contributed by atoms with Gasteiger partial charge in [-0.1, -0.05) is 6.92 Å². The van der Waals surface area contributed by atoms with Gasteiger partial charge in [0.2, 0.25) is 0 Å². The molecule has 1 fully saturated rings. The Morgan fingerprint density at radius 2 is 2.21 bits per heavy atom. The van der Waals surface area contributed by atoms with E-state index in [1.165, 1.54) is 13.0 Å². The molecule has 3 heteroatoms. The first kappa shape index (κ1) is 12.0. The van der Waals surface area contributed by atoms with Crippen molar-refractivity contribution in [1.82, 2.24) is 10.2 Å². The van der Waals surface area contributed by atoms with E-state index in [0.29, 0.717) is 0 Å². The molecule has 0 aromatic carbocycles. The topological polar surface area (TPSA) is 35.5 Å². The van der Waals surface area contributed by atoms with Crippen molar-refractivity contribution in [2.45, 2.75) is 25.8 Å². The lowest BCUT2D eigenvalue weighted by molar-refractivity contribution is 0.220. The zero-order chi connectivity index (χ0) is 10.6. The highest BCUT2D eigenvalue weighted by molar-refractivity contribution is 4.84. The van der Waals surface area contributed by atoms with Gasteiger partial charge in [-0.2, -0.15) is 0 Å². The predicted molar refractivity (Wildman–Crippen MR) is 59.3 cm³/mol. The lowest BCUT2D eigenvalue weighted by atomic mass is 10.2. The fourth-order valence-corrected chi connectivity index (χ4v) is 1.85. The van der Waals surface area contributed by atoms with Crippen molar-refractivity contribution in [3.63, 3.8) is 0 Å². The minimum Gasteiger partial charge on any atom is -0.395 e. The molecule has 2 N–H and O–H groups in total. The maximum absolute atomic E-state index is 8.99. The van der Waals surface area contributed by atoms with Crippen LogP contribution in [-0.2, 0) is 0 Å². The third-order valence-electron chi connectivity index (χ3n) is 3.31. The monoisotopic (exact) mass is 200 g/mol. The quantitative estimate of drug-likeness (QED) is 0.630. The van der Waals surface area contributed by atoms with Crippen molar-refractivity contribution >= 4 is 0 Å². The second-order valence-electron chi connectivity index (χ2n) is 4.69. The molecule has 0 heterocycles. The third kappa shape index (κ3) is 3.95. The Bertz CT molecular complexity index is 159. The lowest BCUT2D eigenvalue weighted by Gasteiger charge is -2.20. The van der Waals surface area contributed by atoms with Gasteiger partial charge in [-0.25, -0.2) is 0 Å². The summed E-state index contributed by atoms with van der Waals surface area (Å²) in [5.41, 5.74) is 0. The van der Waals surface area contributed by atoms with Gasteiger partial charge in [0.15, 0.2) is 0 Å². The van der Waals surface area contributed by atoms with Gasteiger partial charge in [-0.3, -0.25) is 0 Å². The van der Waals surface area contributed by atoms with Crippen molar-refractivity contribution in [3.05, 3.63) is 0 Å². The Morgan fingerprint density at radius 1 is 1.57 bits per heavy atom. The standard InChI is InChI=1S/C11H24N2O/c1-9-6-10(9)7-13(3)5-4-11(8-14)12-2/h9-12,14H,4-8H2,1-3H3. The summed E-state index contributed by atoms with van der Waals surface area (Å²) >= 11 is 0. The van der Waals surface area contributed by atoms with Gasteiger partial charge in [0.25, 0.3) is 0 Å². The molecular formula is C11H24N2O. The molecule has 0 bridgehead atoms. The molecule has 1 aliphatic carbocycles. The highest BCUT2D eigenvalue weighted by Crippen LogP contribution is 2.37. The summed E-state index contributed by atoms with van der Waals surface area (Å²) in [6, 6.07) is 0.258. The number of nitrogens with zero attached hydrogens (tertiary/aromatic N) is 1. The van der Waals surface area contributed by atoms with Gasteiger partial charge in [-0.15, -0.1) is 0 Å². The Hall–Kier alpha value is -0.120. The van der Waals surface area contributed by atoms with Crippen molar-refractivity contribution in [2.24, 2.45) is 11.8 Å². The van der Waals surface area contributed by atoms with Crippen LogP contribution in [0.3, 0.4) is 0 Å². The summed E-state index contributed by atoms with van der Waals surface area (Å²) in [4.78, 5) is 2.38. The number of aliphatic hydroxyl groups excluding tert-OH is 1. The van der Waals surface area contributed by atoms with Crippen LogP contribution in [0.15, 0.2) is 0 Å². The summed E-state index contributed by atoms with van der Waals surface area (Å²) < 4.78 is 0. The third-order valence-corrected chi connectivity index (χ3v) is 3.31. The highest BCUT2D eigenvalue weighted by Gasteiger charge is 2.32. The second kappa shape index (κ2) is 5.69. The fourth-order valence-electron chi connectivity index (χ4n) is 1.85. The number of likely N-dealkylation sites (N-methyl/N-ethyl adjacent to an activating group) is 1. The van der Waals surface area contributed by atoms with Crippen LogP contribution >= 0.6 is 0 Å². The fraction of sp³-hybridized carbons (Fsp3) is 1.00. The first-order valence-corrected chi connectivity index (χ1v) is 5.64. The number of nitrogens with one attached hydrogen (secondary N) is 1. The minimum atomic E-state index is 0.240. The SMILES string of the molecule is CNC(CO)CCN(C)CC1CC1C. The molecule has 84 valence electrons. The number of hydrogen-bond donors (Lipinski definition) is 2. The molecule has 14 heavy (non-hydrogen) atoms. The molecule has 3 atom stereocenters.